The van der Waals surface area contributed by atoms with E-state index >= 15 is 0 Å². The van der Waals surface area contributed by atoms with Gasteiger partial charge < -0.3 is 10.6 Å². The second-order valence-corrected chi connectivity index (χ2v) is 10.7. The highest BCUT2D eigenvalue weighted by Gasteiger charge is 2.67. The van der Waals surface area contributed by atoms with Crippen molar-refractivity contribution in [3.8, 4) is 6.07 Å². The third-order valence-corrected chi connectivity index (χ3v) is 7.89. The fourth-order valence-corrected chi connectivity index (χ4v) is 5.09. The summed E-state index contributed by atoms with van der Waals surface area (Å²) < 4.78 is -1.31. The Labute approximate surface area is 209 Å². The molecule has 2 amide bonds. The Bertz CT molecular complexity index is 1160. The van der Waals surface area contributed by atoms with Crippen LogP contribution in [-0.4, -0.2) is 21.7 Å². The first-order valence-electron chi connectivity index (χ1n) is 9.66. The minimum absolute atomic E-state index is 0.154. The van der Waals surface area contributed by atoms with Crippen molar-refractivity contribution in [1.82, 2.24) is 5.32 Å². The summed E-state index contributed by atoms with van der Waals surface area (Å²) in [7, 11) is 0. The van der Waals surface area contributed by atoms with Crippen molar-refractivity contribution in [2.45, 2.75) is 35.6 Å². The Morgan fingerprint density at radius 1 is 1.09 bits per heavy atom. The number of halogens is 5. The van der Waals surface area contributed by atoms with Crippen LogP contribution in [0.15, 0.2) is 30.3 Å². The number of hydrogen-bond donors (Lipinski definition) is 2. The number of nitriles is 1. The molecule has 5 nitrogen and oxygen atoms in total. The summed E-state index contributed by atoms with van der Waals surface area (Å²) in [5, 5.41) is 15.6. The van der Waals surface area contributed by atoms with Crippen LogP contribution >= 0.6 is 58.0 Å². The molecule has 166 valence electrons. The number of nitrogens with one attached hydrogen (secondary N) is 2. The fraction of sp³-hybridized carbons (Fsp3) is 0.318. The van der Waals surface area contributed by atoms with Crippen LogP contribution < -0.4 is 10.6 Å². The quantitative estimate of drug-likeness (QED) is 0.447. The van der Waals surface area contributed by atoms with Gasteiger partial charge in [-0.3, -0.25) is 9.59 Å². The van der Waals surface area contributed by atoms with Crippen molar-refractivity contribution < 1.29 is 9.59 Å². The Balaban J connectivity index is 1.52. The zero-order valence-electron chi connectivity index (χ0n) is 16.6. The fourth-order valence-electron chi connectivity index (χ4n) is 3.67. The van der Waals surface area contributed by atoms with Gasteiger partial charge in [0, 0.05) is 11.6 Å². The van der Waals surface area contributed by atoms with Gasteiger partial charge in [-0.25, -0.2) is 0 Å². The Hall–Kier alpha value is -1.68. The van der Waals surface area contributed by atoms with Crippen LogP contribution in [0, 0.1) is 24.2 Å². The van der Waals surface area contributed by atoms with E-state index in [9.17, 15) is 14.9 Å². The topological polar surface area (TPSA) is 82.0 Å². The predicted octanol–water partition coefficient (Wildman–Crippen LogP) is 6.27. The Morgan fingerprint density at radius 3 is 2.38 bits per heavy atom. The van der Waals surface area contributed by atoms with Gasteiger partial charge in [0.1, 0.15) is 9.87 Å². The molecule has 0 unspecified atom stereocenters. The van der Waals surface area contributed by atoms with Crippen molar-refractivity contribution in [2.24, 2.45) is 5.92 Å². The molecular formula is C22H16Cl5N3O2. The molecule has 10 heteroatoms. The molecule has 0 spiro atoms. The van der Waals surface area contributed by atoms with Crippen LogP contribution in [0.25, 0.3) is 0 Å². The van der Waals surface area contributed by atoms with Gasteiger partial charge in [-0.05, 0) is 55.2 Å². The predicted molar refractivity (Wildman–Crippen MR) is 127 cm³/mol. The molecule has 2 aliphatic rings. The van der Waals surface area contributed by atoms with Crippen LogP contribution in [0.5, 0.6) is 0 Å². The van der Waals surface area contributed by atoms with Gasteiger partial charge in [0.2, 0.25) is 5.91 Å². The van der Waals surface area contributed by atoms with E-state index in [1.54, 1.807) is 25.1 Å². The van der Waals surface area contributed by atoms with E-state index in [4.69, 9.17) is 58.0 Å². The van der Waals surface area contributed by atoms with Gasteiger partial charge in [0.25, 0.3) is 5.91 Å². The number of amides is 2. The smallest absolute Gasteiger partial charge is 0.254 e. The van der Waals surface area contributed by atoms with Crippen LogP contribution in [0.1, 0.15) is 40.2 Å². The maximum Gasteiger partial charge on any atom is 0.254 e. The molecule has 0 aromatic heterocycles. The first kappa shape index (κ1) is 23.5. The van der Waals surface area contributed by atoms with Crippen molar-refractivity contribution in [2.75, 3.05) is 5.32 Å². The summed E-state index contributed by atoms with van der Waals surface area (Å²) in [6, 6.07) is 10.1. The number of alkyl halides is 2. The van der Waals surface area contributed by atoms with Crippen molar-refractivity contribution in [1.29, 1.82) is 5.26 Å². The summed E-state index contributed by atoms with van der Waals surface area (Å²) in [5.41, 5.74) is 1.14. The van der Waals surface area contributed by atoms with Crippen LogP contribution in [0.3, 0.4) is 0 Å². The number of rotatable bonds is 5. The molecule has 0 radical (unpaired) electrons. The highest BCUT2D eigenvalue weighted by Crippen LogP contribution is 2.65. The first-order valence-corrected chi connectivity index (χ1v) is 11.6. The third-order valence-electron chi connectivity index (χ3n) is 5.72. The lowest BCUT2D eigenvalue weighted by Gasteiger charge is -2.12. The normalized spacial score (nSPS) is 21.9. The molecule has 2 N–H and O–H groups in total. The number of anilines is 1. The van der Waals surface area contributed by atoms with Crippen LogP contribution in [0.4, 0.5) is 5.69 Å². The molecule has 2 saturated carbocycles. The molecule has 0 aliphatic heterocycles. The molecule has 2 aromatic carbocycles. The van der Waals surface area contributed by atoms with E-state index in [1.807, 2.05) is 0 Å². The minimum Gasteiger partial charge on any atom is -0.334 e. The lowest BCUT2D eigenvalue weighted by molar-refractivity contribution is -0.117. The van der Waals surface area contributed by atoms with E-state index in [0.717, 1.165) is 5.56 Å². The van der Waals surface area contributed by atoms with Crippen LogP contribution in [-0.2, 0) is 4.79 Å². The minimum atomic E-state index is -1.31. The van der Waals surface area contributed by atoms with Crippen molar-refractivity contribution in [3.05, 3.63) is 62.1 Å². The molecule has 2 atom stereocenters. The molecule has 0 heterocycles. The van der Waals surface area contributed by atoms with Gasteiger partial charge in [-0.2, -0.15) is 5.26 Å². The summed E-state index contributed by atoms with van der Waals surface area (Å²) >= 11 is 31.3. The van der Waals surface area contributed by atoms with Gasteiger partial charge in [0.05, 0.1) is 32.6 Å². The summed E-state index contributed by atoms with van der Waals surface area (Å²) in [6.45, 7) is 1.80. The maximum absolute atomic E-state index is 12.9. The summed E-state index contributed by atoms with van der Waals surface area (Å²) in [4.78, 5) is 25.5. The van der Waals surface area contributed by atoms with Crippen LogP contribution in [0.2, 0.25) is 15.1 Å². The molecule has 2 aliphatic carbocycles. The monoisotopic (exact) mass is 529 g/mol. The summed E-state index contributed by atoms with van der Waals surface area (Å²) in [6.07, 6.45) is 1.18. The number of carbonyl (C=O) groups excluding carboxylic acids is 2. The number of hydrogen-bond acceptors (Lipinski definition) is 3. The first-order chi connectivity index (χ1) is 15.0. The van der Waals surface area contributed by atoms with E-state index in [-0.39, 0.29) is 10.6 Å². The standard InChI is InChI=1S/C22H16Cl5N3O2/c1-10-6-11(7-15(24)18(10)25)16-17(22(16,26)27)20(32)29-12-2-3-14(23)13(8-12)19(31)30-21(9-28)4-5-21/h2-3,6-8,16-17H,4-5H2,1H3,(H,29,32)(H,30,31)/t16-,17+/m0/s1. The number of benzene rings is 2. The molecule has 2 aromatic rings. The lowest BCUT2D eigenvalue weighted by atomic mass is 10.1. The largest absolute Gasteiger partial charge is 0.334 e. The Kier molecular flexibility index (Phi) is 6.07. The second kappa shape index (κ2) is 8.27. The van der Waals surface area contributed by atoms with Crippen molar-refractivity contribution >= 4 is 75.5 Å². The van der Waals surface area contributed by atoms with Gasteiger partial charge >= 0.3 is 0 Å². The molecule has 4 rings (SSSR count). The Morgan fingerprint density at radius 2 is 1.78 bits per heavy atom. The summed E-state index contributed by atoms with van der Waals surface area (Å²) in [5.74, 6) is -2.10. The molecule has 2 fully saturated rings. The van der Waals surface area contributed by atoms with Gasteiger partial charge in [0.15, 0.2) is 0 Å². The third kappa shape index (κ3) is 4.27. The zero-order valence-corrected chi connectivity index (χ0v) is 20.4. The molecule has 0 bridgehead atoms. The zero-order chi connectivity index (χ0) is 23.4. The average Bonchev–Trinajstić information content (AvgIpc) is 3.62. The molecular weight excluding hydrogens is 516 g/mol. The molecule has 0 saturated heterocycles. The second-order valence-electron chi connectivity index (χ2n) is 8.10. The highest BCUT2D eigenvalue weighted by molar-refractivity contribution is 6.53. The van der Waals surface area contributed by atoms with E-state index in [2.05, 4.69) is 16.7 Å². The van der Waals surface area contributed by atoms with Crippen molar-refractivity contribution in [3.63, 3.8) is 0 Å². The average molecular weight is 532 g/mol. The van der Waals surface area contributed by atoms with E-state index in [1.165, 1.54) is 12.1 Å². The number of carbonyl (C=O) groups is 2. The van der Waals surface area contributed by atoms with E-state index in [0.29, 0.717) is 34.1 Å². The van der Waals surface area contributed by atoms with Gasteiger partial charge in [-0.15, -0.1) is 23.2 Å². The van der Waals surface area contributed by atoms with E-state index < -0.39 is 33.5 Å². The molecule has 32 heavy (non-hydrogen) atoms. The number of nitrogens with zero attached hydrogens (tertiary/aromatic N) is 1. The maximum atomic E-state index is 12.9. The van der Waals surface area contributed by atoms with Gasteiger partial charge in [-0.1, -0.05) is 40.9 Å². The SMILES string of the molecule is Cc1cc([C@H]2[C@H](C(=O)Nc3ccc(Cl)c(C(=O)NC4(C#N)CC4)c3)C2(Cl)Cl)cc(Cl)c1Cl. The highest BCUT2D eigenvalue weighted by atomic mass is 35.5. The lowest BCUT2D eigenvalue weighted by Crippen LogP contribution is -2.35. The number of aryl methyl sites for hydroxylation is 1.